The maximum atomic E-state index is 12.5. The summed E-state index contributed by atoms with van der Waals surface area (Å²) >= 11 is 0. The quantitative estimate of drug-likeness (QED) is 0.591. The predicted octanol–water partition coefficient (Wildman–Crippen LogP) is 2.39. The summed E-state index contributed by atoms with van der Waals surface area (Å²) in [5.41, 5.74) is 11.2. The Labute approximate surface area is 127 Å². The Kier molecular flexibility index (Phi) is 5.78. The van der Waals surface area contributed by atoms with E-state index in [1.807, 2.05) is 13.8 Å². The third-order valence-electron chi connectivity index (χ3n) is 2.71. The van der Waals surface area contributed by atoms with Crippen LogP contribution in [0.1, 0.15) is 37.9 Å². The van der Waals surface area contributed by atoms with E-state index in [4.69, 9.17) is 11.5 Å². The van der Waals surface area contributed by atoms with Crippen molar-refractivity contribution in [1.29, 1.82) is 0 Å². The molecule has 1 unspecified atom stereocenters. The van der Waals surface area contributed by atoms with E-state index in [0.717, 1.165) is 12.1 Å². The van der Waals surface area contributed by atoms with Crippen LogP contribution in [-0.4, -0.2) is 18.0 Å². The van der Waals surface area contributed by atoms with Crippen LogP contribution in [0.5, 0.6) is 0 Å². The topological polar surface area (TPSA) is 88.8 Å². The number of rotatable bonds is 3. The number of hydrogen-bond acceptors (Lipinski definition) is 2. The van der Waals surface area contributed by atoms with Gasteiger partial charge >= 0.3 is 6.18 Å². The molecule has 1 aromatic carbocycles. The van der Waals surface area contributed by atoms with Crippen LogP contribution in [0.25, 0.3) is 0 Å². The van der Waals surface area contributed by atoms with Crippen molar-refractivity contribution in [3.05, 3.63) is 35.4 Å². The molecular formula is C14H20F3N5. The molecule has 0 aliphatic carbocycles. The van der Waals surface area contributed by atoms with Gasteiger partial charge in [-0.15, -0.1) is 0 Å². The molecule has 1 rings (SSSR count). The van der Waals surface area contributed by atoms with Crippen molar-refractivity contribution in [3.63, 3.8) is 0 Å². The number of nitrogens with two attached hydrogens (primary N) is 2. The van der Waals surface area contributed by atoms with Crippen molar-refractivity contribution in [2.75, 3.05) is 0 Å². The summed E-state index contributed by atoms with van der Waals surface area (Å²) < 4.78 is 37.5. The maximum absolute atomic E-state index is 12.5. The minimum absolute atomic E-state index is 0.00707. The monoisotopic (exact) mass is 315 g/mol. The van der Waals surface area contributed by atoms with Crippen LogP contribution in [0.15, 0.2) is 34.3 Å². The lowest BCUT2D eigenvalue weighted by molar-refractivity contribution is -0.137. The van der Waals surface area contributed by atoms with Crippen molar-refractivity contribution >= 4 is 11.9 Å². The van der Waals surface area contributed by atoms with Crippen LogP contribution in [0.2, 0.25) is 0 Å². The van der Waals surface area contributed by atoms with Gasteiger partial charge in [0.15, 0.2) is 11.9 Å². The number of guanidine groups is 2. The van der Waals surface area contributed by atoms with Crippen molar-refractivity contribution < 1.29 is 13.2 Å². The van der Waals surface area contributed by atoms with E-state index in [1.54, 1.807) is 6.92 Å². The van der Waals surface area contributed by atoms with E-state index in [-0.39, 0.29) is 18.0 Å². The first kappa shape index (κ1) is 17.8. The molecule has 0 amide bonds. The molecular weight excluding hydrogens is 295 g/mol. The third kappa shape index (κ3) is 5.63. The minimum Gasteiger partial charge on any atom is -0.370 e. The van der Waals surface area contributed by atoms with Crippen molar-refractivity contribution in [2.45, 2.75) is 39.0 Å². The molecule has 22 heavy (non-hydrogen) atoms. The van der Waals surface area contributed by atoms with Crippen LogP contribution in [0, 0.1) is 0 Å². The molecule has 5 N–H and O–H groups in total. The molecule has 0 spiro atoms. The molecule has 0 radical (unpaired) electrons. The van der Waals surface area contributed by atoms with Gasteiger partial charge in [0.05, 0.1) is 11.6 Å². The fourth-order valence-corrected chi connectivity index (χ4v) is 1.71. The molecule has 0 saturated carbocycles. The SMILES string of the molecule is CC(C)N=C(N)NC(N)=NC(C)c1ccc(C(F)(F)F)cc1. The number of alkyl halides is 3. The van der Waals surface area contributed by atoms with E-state index in [0.29, 0.717) is 5.56 Å². The molecule has 0 aromatic heterocycles. The molecule has 0 aliphatic rings. The first-order valence-electron chi connectivity index (χ1n) is 6.70. The summed E-state index contributed by atoms with van der Waals surface area (Å²) in [6, 6.07) is 4.36. The number of benzene rings is 1. The van der Waals surface area contributed by atoms with Crippen LogP contribution in [0.4, 0.5) is 13.2 Å². The van der Waals surface area contributed by atoms with Crippen LogP contribution in [-0.2, 0) is 6.18 Å². The van der Waals surface area contributed by atoms with Crippen molar-refractivity contribution in [3.8, 4) is 0 Å². The van der Waals surface area contributed by atoms with Crippen LogP contribution < -0.4 is 16.8 Å². The van der Waals surface area contributed by atoms with Gasteiger partial charge in [0.2, 0.25) is 0 Å². The zero-order valence-corrected chi connectivity index (χ0v) is 12.6. The molecule has 0 heterocycles. The summed E-state index contributed by atoms with van der Waals surface area (Å²) in [4.78, 5) is 8.16. The van der Waals surface area contributed by atoms with Crippen LogP contribution >= 0.6 is 0 Å². The zero-order chi connectivity index (χ0) is 16.9. The summed E-state index contributed by atoms with van der Waals surface area (Å²) in [5, 5.41) is 2.62. The van der Waals surface area contributed by atoms with E-state index < -0.39 is 17.8 Å². The van der Waals surface area contributed by atoms with Gasteiger partial charge in [-0.1, -0.05) is 12.1 Å². The average Bonchev–Trinajstić information content (AvgIpc) is 2.36. The van der Waals surface area contributed by atoms with Gasteiger partial charge in [-0.25, -0.2) is 4.99 Å². The van der Waals surface area contributed by atoms with E-state index in [1.165, 1.54) is 12.1 Å². The minimum atomic E-state index is -4.35. The standard InChI is InChI=1S/C14H20F3N5/c1-8(2)20-12(18)22-13(19)21-9(3)10-4-6-11(7-5-10)14(15,16)17/h4-9H,1-3H3,(H5,18,19,20,21,22). The van der Waals surface area contributed by atoms with E-state index in [2.05, 4.69) is 15.3 Å². The fourth-order valence-electron chi connectivity index (χ4n) is 1.71. The zero-order valence-electron chi connectivity index (χ0n) is 12.6. The number of nitrogens with one attached hydrogen (secondary N) is 1. The molecule has 0 saturated heterocycles. The second kappa shape index (κ2) is 7.15. The average molecular weight is 315 g/mol. The smallest absolute Gasteiger partial charge is 0.370 e. The highest BCUT2D eigenvalue weighted by atomic mass is 19.4. The molecule has 5 nitrogen and oxygen atoms in total. The highest BCUT2D eigenvalue weighted by Gasteiger charge is 2.30. The van der Waals surface area contributed by atoms with Gasteiger partial charge in [-0.2, -0.15) is 13.2 Å². The fraction of sp³-hybridized carbons (Fsp3) is 0.429. The third-order valence-corrected chi connectivity index (χ3v) is 2.71. The Morgan fingerprint density at radius 1 is 1.00 bits per heavy atom. The lowest BCUT2D eigenvalue weighted by Gasteiger charge is -2.12. The Bertz CT molecular complexity index is 547. The van der Waals surface area contributed by atoms with Crippen molar-refractivity contribution in [2.24, 2.45) is 21.5 Å². The molecule has 0 fully saturated rings. The number of nitrogens with zero attached hydrogens (tertiary/aromatic N) is 2. The highest BCUT2D eigenvalue weighted by molar-refractivity contribution is 5.97. The normalized spacial score (nSPS) is 15.0. The van der Waals surface area contributed by atoms with Gasteiger partial charge in [-0.3, -0.25) is 10.3 Å². The second-order valence-corrected chi connectivity index (χ2v) is 5.04. The summed E-state index contributed by atoms with van der Waals surface area (Å²) in [5.74, 6) is 0.185. The number of hydrogen-bond donors (Lipinski definition) is 3. The summed E-state index contributed by atoms with van der Waals surface area (Å²) in [6.07, 6.45) is -4.35. The Morgan fingerprint density at radius 2 is 1.50 bits per heavy atom. The molecule has 122 valence electrons. The number of halogens is 3. The van der Waals surface area contributed by atoms with Gasteiger partial charge in [-0.05, 0) is 38.5 Å². The molecule has 1 aromatic rings. The lowest BCUT2D eigenvalue weighted by atomic mass is 10.1. The summed E-state index contributed by atoms with van der Waals surface area (Å²) in [7, 11) is 0. The van der Waals surface area contributed by atoms with E-state index in [9.17, 15) is 13.2 Å². The van der Waals surface area contributed by atoms with Gasteiger partial charge < -0.3 is 11.5 Å². The Hall–Kier alpha value is -2.25. The van der Waals surface area contributed by atoms with Gasteiger partial charge in [0.1, 0.15) is 0 Å². The molecule has 0 bridgehead atoms. The van der Waals surface area contributed by atoms with Gasteiger partial charge in [0, 0.05) is 6.04 Å². The largest absolute Gasteiger partial charge is 0.416 e. The molecule has 1 atom stereocenters. The lowest BCUT2D eigenvalue weighted by Crippen LogP contribution is -2.42. The maximum Gasteiger partial charge on any atom is 0.416 e. The number of aliphatic imine (C=N–C) groups is 2. The summed E-state index contributed by atoms with van der Waals surface area (Å²) in [6.45, 7) is 5.42. The van der Waals surface area contributed by atoms with Crippen LogP contribution in [0.3, 0.4) is 0 Å². The Balaban J connectivity index is 2.79. The Morgan fingerprint density at radius 3 is 1.95 bits per heavy atom. The van der Waals surface area contributed by atoms with Crippen molar-refractivity contribution in [1.82, 2.24) is 5.32 Å². The highest BCUT2D eigenvalue weighted by Crippen LogP contribution is 2.30. The first-order valence-corrected chi connectivity index (χ1v) is 6.70. The van der Waals surface area contributed by atoms with Gasteiger partial charge in [0.25, 0.3) is 0 Å². The first-order chi connectivity index (χ1) is 10.1. The molecule has 8 heteroatoms. The second-order valence-electron chi connectivity index (χ2n) is 5.04. The van der Waals surface area contributed by atoms with E-state index >= 15 is 0 Å². The predicted molar refractivity (Wildman–Crippen MR) is 81.4 cm³/mol. The molecule has 0 aliphatic heterocycles.